The van der Waals surface area contributed by atoms with E-state index >= 15 is 0 Å². The molecule has 0 aromatic rings. The van der Waals surface area contributed by atoms with E-state index in [0.717, 1.165) is 6.66 Å². The maximum absolute atomic E-state index is 11.2. The van der Waals surface area contributed by atoms with Gasteiger partial charge >= 0.3 is 7.60 Å². The Labute approximate surface area is 56.8 Å². The van der Waals surface area contributed by atoms with Crippen LogP contribution in [0.2, 0.25) is 0 Å². The predicted molar refractivity (Wildman–Crippen MR) is 32.0 cm³/mol. The van der Waals surface area contributed by atoms with Crippen LogP contribution in [0, 0.1) is 0 Å². The molecule has 0 aromatic carbocycles. The van der Waals surface area contributed by atoms with Gasteiger partial charge in [-0.3, -0.25) is 4.57 Å². The predicted octanol–water partition coefficient (Wildman–Crippen LogP) is 1.60. The summed E-state index contributed by atoms with van der Waals surface area (Å²) in [5.74, 6) is 0. The Morgan fingerprint density at radius 1 is 1.80 bits per heavy atom. The molecule has 60 valence electrons. The molecule has 0 rings (SSSR count). The number of rotatable bonds is 3. The van der Waals surface area contributed by atoms with Crippen molar-refractivity contribution in [1.82, 2.24) is 0 Å². The minimum absolute atomic E-state index is 0.423. The minimum atomic E-state index is -3.60. The van der Waals surface area contributed by atoms with E-state index in [2.05, 4.69) is 4.52 Å². The van der Waals surface area contributed by atoms with E-state index in [0.29, 0.717) is 6.08 Å². The van der Waals surface area contributed by atoms with Gasteiger partial charge in [-0.1, -0.05) is 0 Å². The molecule has 0 amide bonds. The van der Waals surface area contributed by atoms with Crippen molar-refractivity contribution in [2.45, 2.75) is 0 Å². The highest BCUT2D eigenvalue weighted by atomic mass is 31.2. The summed E-state index contributed by atoms with van der Waals surface area (Å²) in [5.41, 5.74) is 0. The van der Waals surface area contributed by atoms with Crippen LogP contribution in [-0.4, -0.2) is 18.2 Å². The summed E-state index contributed by atoms with van der Waals surface area (Å²) < 4.78 is 36.8. The van der Waals surface area contributed by atoms with Crippen LogP contribution in [0.3, 0.4) is 0 Å². The number of hydrogen-bond acceptors (Lipinski definition) is 2. The summed E-state index contributed by atoms with van der Waals surface area (Å²) in [6.07, 6.45) is -1.50. The van der Waals surface area contributed by atoms with E-state index in [1.807, 2.05) is 0 Å². The van der Waals surface area contributed by atoms with E-state index in [1.165, 1.54) is 0 Å². The molecule has 0 saturated heterocycles. The standard InChI is InChI=1S/C4H7F2O3P/c1-10(7,8)9-3-2-4(5)6/h2H,3H2,1H3,(H,7,8). The van der Waals surface area contributed by atoms with Gasteiger partial charge in [-0.05, 0) is 0 Å². The third-order valence-corrected chi connectivity index (χ3v) is 1.18. The molecule has 0 radical (unpaired) electrons. The normalized spacial score (nSPS) is 16.0. The molecule has 1 unspecified atom stereocenters. The molecule has 0 aliphatic heterocycles. The van der Waals surface area contributed by atoms with Gasteiger partial charge in [0, 0.05) is 12.7 Å². The molecule has 0 aliphatic rings. The lowest BCUT2D eigenvalue weighted by atomic mass is 10.7. The summed E-state index contributed by atoms with van der Waals surface area (Å²) in [6, 6.07) is 0. The molecule has 3 nitrogen and oxygen atoms in total. The zero-order valence-corrected chi connectivity index (χ0v) is 6.15. The summed E-state index contributed by atoms with van der Waals surface area (Å²) in [6.45, 7) is 0.392. The van der Waals surface area contributed by atoms with Crippen LogP contribution in [0.1, 0.15) is 0 Å². The number of hydrogen-bond donors (Lipinski definition) is 1. The van der Waals surface area contributed by atoms with Crippen molar-refractivity contribution in [3.05, 3.63) is 12.2 Å². The van der Waals surface area contributed by atoms with Gasteiger partial charge in [-0.2, -0.15) is 8.78 Å². The average molecular weight is 172 g/mol. The van der Waals surface area contributed by atoms with E-state index in [1.54, 1.807) is 0 Å². The highest BCUT2D eigenvalue weighted by Crippen LogP contribution is 2.36. The largest absolute Gasteiger partial charge is 0.325 e. The first-order valence-corrected chi connectivity index (χ1v) is 4.40. The van der Waals surface area contributed by atoms with Gasteiger partial charge < -0.3 is 9.42 Å². The van der Waals surface area contributed by atoms with Gasteiger partial charge in [0.15, 0.2) is 0 Å². The second kappa shape index (κ2) is 3.81. The van der Waals surface area contributed by atoms with Crippen molar-refractivity contribution in [2.24, 2.45) is 0 Å². The van der Waals surface area contributed by atoms with Crippen LogP contribution in [-0.2, 0) is 9.09 Å². The molecule has 0 saturated carbocycles. The molecule has 0 bridgehead atoms. The lowest BCUT2D eigenvalue weighted by Crippen LogP contribution is -1.87. The summed E-state index contributed by atoms with van der Waals surface area (Å²) >= 11 is 0. The summed E-state index contributed by atoms with van der Waals surface area (Å²) in [7, 11) is -3.60. The fourth-order valence-electron chi connectivity index (χ4n) is 0.239. The van der Waals surface area contributed by atoms with Crippen LogP contribution >= 0.6 is 7.60 Å². The van der Waals surface area contributed by atoms with Crippen LogP contribution in [0.4, 0.5) is 8.78 Å². The molecule has 1 atom stereocenters. The van der Waals surface area contributed by atoms with E-state index in [-0.39, 0.29) is 0 Å². The van der Waals surface area contributed by atoms with Crippen LogP contribution in [0.5, 0.6) is 0 Å². The van der Waals surface area contributed by atoms with Gasteiger partial charge in [0.2, 0.25) is 0 Å². The molecule has 0 fully saturated rings. The minimum Gasteiger partial charge on any atom is -0.324 e. The SMILES string of the molecule is CP(=O)(O)OCC=C(F)F. The van der Waals surface area contributed by atoms with Crippen LogP contribution < -0.4 is 0 Å². The molecular formula is C4H7F2O3P. The fraction of sp³-hybridized carbons (Fsp3) is 0.500. The Morgan fingerprint density at radius 3 is 2.60 bits per heavy atom. The van der Waals surface area contributed by atoms with Gasteiger partial charge in [0.25, 0.3) is 6.08 Å². The highest BCUT2D eigenvalue weighted by molar-refractivity contribution is 7.51. The van der Waals surface area contributed by atoms with Gasteiger partial charge in [0.1, 0.15) is 0 Å². The fourth-order valence-corrected chi connectivity index (χ4v) is 0.590. The van der Waals surface area contributed by atoms with Crippen molar-refractivity contribution in [1.29, 1.82) is 0 Å². The van der Waals surface area contributed by atoms with E-state index in [9.17, 15) is 13.3 Å². The molecule has 6 heteroatoms. The van der Waals surface area contributed by atoms with E-state index < -0.39 is 20.3 Å². The second-order valence-electron chi connectivity index (χ2n) is 1.59. The Hall–Kier alpha value is -0.250. The van der Waals surface area contributed by atoms with E-state index in [4.69, 9.17) is 4.89 Å². The third-order valence-electron chi connectivity index (χ3n) is 0.552. The molecule has 0 aromatic heterocycles. The lowest BCUT2D eigenvalue weighted by Gasteiger charge is -2.01. The maximum atomic E-state index is 11.2. The smallest absolute Gasteiger partial charge is 0.324 e. The quantitative estimate of drug-likeness (QED) is 0.657. The van der Waals surface area contributed by atoms with Crippen molar-refractivity contribution < 1.29 is 22.8 Å². The van der Waals surface area contributed by atoms with Crippen molar-refractivity contribution in [2.75, 3.05) is 13.3 Å². The summed E-state index contributed by atoms with van der Waals surface area (Å²) in [5, 5.41) is 0. The Morgan fingerprint density at radius 2 is 2.30 bits per heavy atom. The van der Waals surface area contributed by atoms with Crippen molar-refractivity contribution >= 4 is 7.60 Å². The second-order valence-corrected chi connectivity index (χ2v) is 3.46. The summed E-state index contributed by atoms with van der Waals surface area (Å²) in [4.78, 5) is 8.39. The molecule has 10 heavy (non-hydrogen) atoms. The Bertz CT molecular complexity index is 169. The first-order valence-electron chi connectivity index (χ1n) is 2.38. The van der Waals surface area contributed by atoms with Crippen LogP contribution in [0.15, 0.2) is 12.2 Å². The Balaban J connectivity index is 3.58. The topological polar surface area (TPSA) is 46.5 Å². The molecular weight excluding hydrogens is 165 g/mol. The van der Waals surface area contributed by atoms with Gasteiger partial charge in [-0.15, -0.1) is 0 Å². The van der Waals surface area contributed by atoms with Crippen LogP contribution in [0.25, 0.3) is 0 Å². The third kappa shape index (κ3) is 7.75. The van der Waals surface area contributed by atoms with Gasteiger partial charge in [-0.25, -0.2) is 0 Å². The molecule has 0 heterocycles. The Kier molecular flexibility index (Phi) is 3.71. The molecule has 1 N–H and O–H groups in total. The first-order chi connectivity index (χ1) is 4.42. The monoisotopic (exact) mass is 172 g/mol. The zero-order chi connectivity index (χ0) is 8.20. The van der Waals surface area contributed by atoms with Crippen molar-refractivity contribution in [3.8, 4) is 0 Å². The number of halogens is 2. The molecule has 0 aliphatic carbocycles. The lowest BCUT2D eigenvalue weighted by molar-refractivity contribution is 0.287. The van der Waals surface area contributed by atoms with Gasteiger partial charge in [0.05, 0.1) is 6.61 Å². The average Bonchev–Trinajstić information content (AvgIpc) is 1.59. The highest BCUT2D eigenvalue weighted by Gasteiger charge is 2.07. The maximum Gasteiger partial charge on any atom is 0.325 e. The molecule has 0 spiro atoms. The zero-order valence-electron chi connectivity index (χ0n) is 5.25. The van der Waals surface area contributed by atoms with Crippen molar-refractivity contribution in [3.63, 3.8) is 0 Å². The first kappa shape index (κ1) is 9.75.